The average molecular weight is 437 g/mol. The Labute approximate surface area is 181 Å². The smallest absolute Gasteiger partial charge is 0.326 e. The zero-order valence-electron chi connectivity index (χ0n) is 17.6. The maximum absolute atomic E-state index is 12.0. The summed E-state index contributed by atoms with van der Waals surface area (Å²) in [5, 5.41) is 24.8. The molecule has 31 heavy (non-hydrogen) atoms. The zero-order valence-corrected chi connectivity index (χ0v) is 17.6. The molecule has 10 heteroatoms. The number of ether oxygens (including phenoxy) is 2. The average Bonchev–Trinajstić information content (AvgIpc) is 3.05. The molecule has 1 fully saturated rings. The van der Waals surface area contributed by atoms with E-state index in [1.807, 2.05) is 12.1 Å². The van der Waals surface area contributed by atoms with Gasteiger partial charge in [0.05, 0.1) is 6.04 Å². The number of β-amino-alcohol motifs (C(OH)–C–C–N with tert-alkyl or cyclic N) is 1. The third-order valence-electron chi connectivity index (χ3n) is 5.00. The number of esters is 1. The van der Waals surface area contributed by atoms with Crippen LogP contribution in [0.15, 0.2) is 24.3 Å². The molecule has 0 bridgehead atoms. The Kier molecular flexibility index (Phi) is 9.70. The molecule has 10 nitrogen and oxygen atoms in total. The molecule has 2 rings (SSSR count). The van der Waals surface area contributed by atoms with Crippen LogP contribution in [0.2, 0.25) is 0 Å². The Morgan fingerprint density at radius 2 is 1.97 bits per heavy atom. The van der Waals surface area contributed by atoms with Crippen LogP contribution in [0.3, 0.4) is 0 Å². The largest absolute Gasteiger partial charge is 0.484 e. The predicted molar refractivity (Wildman–Crippen MR) is 111 cm³/mol. The Morgan fingerprint density at radius 1 is 1.26 bits per heavy atom. The highest BCUT2D eigenvalue weighted by atomic mass is 16.6. The number of nitrogens with one attached hydrogen (secondary N) is 2. The van der Waals surface area contributed by atoms with Gasteiger partial charge in [-0.1, -0.05) is 12.1 Å². The minimum atomic E-state index is -1.09. The quantitative estimate of drug-likeness (QED) is 0.216. The molecule has 0 aromatic heterocycles. The first-order chi connectivity index (χ1) is 14.8. The summed E-state index contributed by atoms with van der Waals surface area (Å²) in [6.45, 7) is 1.83. The number of carboxylic acid groups (broad SMARTS) is 1. The number of nitrogens with two attached hydrogens (primary N) is 1. The van der Waals surface area contributed by atoms with Crippen molar-refractivity contribution < 1.29 is 34.1 Å². The molecule has 0 spiro atoms. The molecule has 6 N–H and O–H groups in total. The number of rotatable bonds is 12. The highest BCUT2D eigenvalue weighted by molar-refractivity contribution is 5.84. The van der Waals surface area contributed by atoms with Crippen LogP contribution in [0.4, 0.5) is 0 Å². The summed E-state index contributed by atoms with van der Waals surface area (Å²) in [5.41, 5.74) is 6.34. The van der Waals surface area contributed by atoms with Gasteiger partial charge in [0.15, 0.2) is 6.61 Å². The third-order valence-corrected chi connectivity index (χ3v) is 5.00. The molecule has 1 saturated heterocycles. The van der Waals surface area contributed by atoms with Crippen molar-refractivity contribution in [2.75, 3.05) is 19.7 Å². The number of carboxylic acids is 1. The Balaban J connectivity index is 1.82. The number of hydrogen-bond donors (Lipinski definition) is 5. The maximum Gasteiger partial charge on any atom is 0.326 e. The van der Waals surface area contributed by atoms with Crippen LogP contribution >= 0.6 is 0 Å². The highest BCUT2D eigenvalue weighted by Crippen LogP contribution is 2.19. The molecule has 0 aliphatic carbocycles. The van der Waals surface area contributed by atoms with E-state index < -0.39 is 36.1 Å². The molecule has 0 unspecified atom stereocenters. The molecule has 4 atom stereocenters. The van der Waals surface area contributed by atoms with Crippen molar-refractivity contribution in [1.82, 2.24) is 10.6 Å². The van der Waals surface area contributed by atoms with Gasteiger partial charge in [0.25, 0.3) is 5.91 Å². The SMILES string of the molecule is CC(=O)O[C@@H]1[C@@H](O)CN[C@@H]1Cc1ccc(OCC(=O)N[C@H](CCCCN)C(=O)O)cc1. The fourth-order valence-electron chi connectivity index (χ4n) is 3.42. The van der Waals surface area contributed by atoms with Gasteiger partial charge in [-0.15, -0.1) is 0 Å². The minimum absolute atomic E-state index is 0.205. The fraction of sp³-hybridized carbons (Fsp3) is 0.571. The van der Waals surface area contributed by atoms with Gasteiger partial charge in [0.1, 0.15) is 24.0 Å². The van der Waals surface area contributed by atoms with Crippen molar-refractivity contribution in [2.45, 2.75) is 56.9 Å². The van der Waals surface area contributed by atoms with E-state index in [1.54, 1.807) is 12.1 Å². The first-order valence-corrected chi connectivity index (χ1v) is 10.3. The van der Waals surface area contributed by atoms with E-state index in [-0.39, 0.29) is 12.6 Å². The van der Waals surface area contributed by atoms with Crippen molar-refractivity contribution in [3.8, 4) is 5.75 Å². The molecule has 1 aromatic carbocycles. The van der Waals surface area contributed by atoms with E-state index in [0.29, 0.717) is 44.5 Å². The van der Waals surface area contributed by atoms with Crippen LogP contribution in [-0.2, 0) is 25.5 Å². The molecule has 0 radical (unpaired) electrons. The van der Waals surface area contributed by atoms with Crippen molar-refractivity contribution in [3.63, 3.8) is 0 Å². The van der Waals surface area contributed by atoms with E-state index >= 15 is 0 Å². The lowest BCUT2D eigenvalue weighted by molar-refractivity contribution is -0.151. The highest BCUT2D eigenvalue weighted by Gasteiger charge is 2.37. The van der Waals surface area contributed by atoms with E-state index in [4.69, 9.17) is 15.2 Å². The Morgan fingerprint density at radius 3 is 2.58 bits per heavy atom. The minimum Gasteiger partial charge on any atom is -0.484 e. The predicted octanol–water partition coefficient (Wildman–Crippen LogP) is -0.429. The lowest BCUT2D eigenvalue weighted by Crippen LogP contribution is -2.43. The number of aliphatic hydroxyl groups excluding tert-OH is 1. The number of aliphatic hydroxyl groups is 1. The number of hydrogen-bond acceptors (Lipinski definition) is 8. The molecule has 1 aliphatic heterocycles. The topological polar surface area (TPSA) is 160 Å². The molecular weight excluding hydrogens is 406 g/mol. The van der Waals surface area contributed by atoms with E-state index in [0.717, 1.165) is 5.56 Å². The molecular formula is C21H31N3O7. The number of carbonyl (C=O) groups is 3. The Hall–Kier alpha value is -2.69. The van der Waals surface area contributed by atoms with E-state index in [1.165, 1.54) is 6.92 Å². The molecule has 1 aliphatic rings. The van der Waals surface area contributed by atoms with Gasteiger partial charge in [-0.25, -0.2) is 4.79 Å². The number of unbranched alkanes of at least 4 members (excludes halogenated alkanes) is 1. The first-order valence-electron chi connectivity index (χ1n) is 10.3. The van der Waals surface area contributed by atoms with Gasteiger partial charge >= 0.3 is 11.9 Å². The van der Waals surface area contributed by atoms with Crippen LogP contribution in [0.1, 0.15) is 31.7 Å². The van der Waals surface area contributed by atoms with Crippen molar-refractivity contribution in [3.05, 3.63) is 29.8 Å². The normalized spacial score (nSPS) is 21.3. The van der Waals surface area contributed by atoms with Crippen LogP contribution in [0.25, 0.3) is 0 Å². The van der Waals surface area contributed by atoms with Crippen LogP contribution in [-0.4, -0.2) is 72.0 Å². The fourth-order valence-corrected chi connectivity index (χ4v) is 3.42. The summed E-state index contributed by atoms with van der Waals surface area (Å²) in [5.74, 6) is -1.58. The molecule has 1 aromatic rings. The van der Waals surface area contributed by atoms with Crippen LogP contribution in [0.5, 0.6) is 5.75 Å². The second kappa shape index (κ2) is 12.2. The number of carbonyl (C=O) groups excluding carboxylic acids is 2. The van der Waals surface area contributed by atoms with E-state index in [2.05, 4.69) is 10.6 Å². The molecule has 172 valence electrons. The first kappa shape index (κ1) is 24.6. The summed E-state index contributed by atoms with van der Waals surface area (Å²) >= 11 is 0. The van der Waals surface area contributed by atoms with Gasteiger partial charge in [0.2, 0.25) is 0 Å². The monoisotopic (exact) mass is 437 g/mol. The van der Waals surface area contributed by atoms with Gasteiger partial charge in [-0.05, 0) is 49.9 Å². The maximum atomic E-state index is 12.0. The lowest BCUT2D eigenvalue weighted by atomic mass is 10.0. The van der Waals surface area contributed by atoms with E-state index in [9.17, 15) is 24.6 Å². The van der Waals surface area contributed by atoms with Crippen molar-refractivity contribution in [1.29, 1.82) is 0 Å². The number of amides is 1. The second-order valence-corrected chi connectivity index (χ2v) is 7.54. The number of benzene rings is 1. The van der Waals surface area contributed by atoms with Gasteiger partial charge in [-0.2, -0.15) is 0 Å². The summed E-state index contributed by atoms with van der Waals surface area (Å²) < 4.78 is 10.6. The summed E-state index contributed by atoms with van der Waals surface area (Å²) in [6, 6.07) is 5.86. The zero-order chi connectivity index (χ0) is 22.8. The number of aliphatic carboxylic acids is 1. The van der Waals surface area contributed by atoms with Gasteiger partial charge < -0.3 is 36.1 Å². The molecule has 1 heterocycles. The van der Waals surface area contributed by atoms with Crippen LogP contribution < -0.4 is 21.1 Å². The second-order valence-electron chi connectivity index (χ2n) is 7.54. The molecule has 1 amide bonds. The summed E-state index contributed by atoms with van der Waals surface area (Å²) in [6.07, 6.45) is 0.800. The summed E-state index contributed by atoms with van der Waals surface area (Å²) in [4.78, 5) is 34.5. The van der Waals surface area contributed by atoms with Gasteiger partial charge in [0, 0.05) is 13.5 Å². The van der Waals surface area contributed by atoms with Crippen LogP contribution in [0, 0.1) is 0 Å². The summed E-state index contributed by atoms with van der Waals surface area (Å²) in [7, 11) is 0. The standard InChI is InChI=1S/C21H31N3O7/c1-13(25)31-20-17(23-11-18(20)26)10-14-5-7-15(8-6-14)30-12-19(27)24-16(21(28)29)4-2-3-9-22/h5-8,16-18,20,23,26H,2-4,9-12,22H2,1H3,(H,24,27)(H,28,29)/t16-,17-,18+,20+/m1/s1. The third kappa shape index (κ3) is 8.16. The lowest BCUT2D eigenvalue weighted by Gasteiger charge is -2.21. The van der Waals surface area contributed by atoms with Crippen molar-refractivity contribution in [2.24, 2.45) is 5.73 Å². The molecule has 0 saturated carbocycles. The van der Waals surface area contributed by atoms with Gasteiger partial charge in [-0.3, -0.25) is 9.59 Å². The van der Waals surface area contributed by atoms with Crippen molar-refractivity contribution >= 4 is 17.8 Å². The Bertz CT molecular complexity index is 741.